The Hall–Kier alpha value is -0.670. The minimum Gasteiger partial charge on any atom is -0.207 e. The first-order valence-electron chi connectivity index (χ1n) is 5.12. The Morgan fingerprint density at radius 1 is 1.31 bits per heavy atom. The topological polar surface area (TPSA) is 0 Å². The second-order valence-electron chi connectivity index (χ2n) is 3.74. The van der Waals surface area contributed by atoms with Crippen LogP contribution in [0.15, 0.2) is 41.1 Å². The van der Waals surface area contributed by atoms with Crippen molar-refractivity contribution in [1.82, 2.24) is 0 Å². The first-order chi connectivity index (χ1) is 7.79. The SMILES string of the molecule is Fc1cccc(C(CBr)Cc2ccsc2)c1. The molecule has 2 aromatic rings. The fourth-order valence-electron chi connectivity index (χ4n) is 1.72. The molecule has 1 aromatic carbocycles. The monoisotopic (exact) mass is 298 g/mol. The highest BCUT2D eigenvalue weighted by molar-refractivity contribution is 9.09. The highest BCUT2D eigenvalue weighted by Gasteiger charge is 2.11. The highest BCUT2D eigenvalue weighted by Crippen LogP contribution is 2.24. The van der Waals surface area contributed by atoms with E-state index < -0.39 is 0 Å². The van der Waals surface area contributed by atoms with Gasteiger partial charge in [0.25, 0.3) is 0 Å². The Morgan fingerprint density at radius 2 is 2.19 bits per heavy atom. The number of hydrogen-bond acceptors (Lipinski definition) is 1. The lowest BCUT2D eigenvalue weighted by Crippen LogP contribution is -2.04. The van der Waals surface area contributed by atoms with Gasteiger partial charge in [0, 0.05) is 5.33 Å². The van der Waals surface area contributed by atoms with Crippen LogP contribution in [0, 0.1) is 5.82 Å². The van der Waals surface area contributed by atoms with Gasteiger partial charge in [-0.15, -0.1) is 0 Å². The van der Waals surface area contributed by atoms with E-state index in [9.17, 15) is 4.39 Å². The molecule has 1 unspecified atom stereocenters. The Bertz CT molecular complexity index is 439. The average molecular weight is 299 g/mol. The Morgan fingerprint density at radius 3 is 2.81 bits per heavy atom. The molecule has 2 rings (SSSR count). The van der Waals surface area contributed by atoms with Crippen LogP contribution in [0.4, 0.5) is 4.39 Å². The van der Waals surface area contributed by atoms with Gasteiger partial charge in [0.1, 0.15) is 5.82 Å². The summed E-state index contributed by atoms with van der Waals surface area (Å²) in [5.74, 6) is 0.180. The number of alkyl halides is 1. The Balaban J connectivity index is 2.16. The van der Waals surface area contributed by atoms with Crippen LogP contribution in [0.2, 0.25) is 0 Å². The molecule has 0 aliphatic heterocycles. The van der Waals surface area contributed by atoms with Gasteiger partial charge < -0.3 is 0 Å². The van der Waals surface area contributed by atoms with Crippen molar-refractivity contribution in [3.63, 3.8) is 0 Å². The number of hydrogen-bond donors (Lipinski definition) is 0. The third kappa shape index (κ3) is 2.92. The normalized spacial score (nSPS) is 12.6. The zero-order valence-corrected chi connectivity index (χ0v) is 11.1. The maximum atomic E-state index is 13.1. The van der Waals surface area contributed by atoms with Gasteiger partial charge in [0.15, 0.2) is 0 Å². The Kier molecular flexibility index (Phi) is 4.13. The van der Waals surface area contributed by atoms with E-state index in [1.165, 1.54) is 11.6 Å². The van der Waals surface area contributed by atoms with Crippen molar-refractivity contribution >= 4 is 27.3 Å². The minimum absolute atomic E-state index is 0.159. The van der Waals surface area contributed by atoms with Gasteiger partial charge >= 0.3 is 0 Å². The van der Waals surface area contributed by atoms with E-state index in [1.54, 1.807) is 23.5 Å². The fraction of sp³-hybridized carbons (Fsp3) is 0.231. The third-order valence-corrected chi connectivity index (χ3v) is 4.08. The lowest BCUT2D eigenvalue weighted by Gasteiger charge is -2.13. The molecule has 3 heteroatoms. The molecule has 0 aliphatic carbocycles. The summed E-state index contributed by atoms with van der Waals surface area (Å²) < 4.78 is 13.1. The number of rotatable bonds is 4. The summed E-state index contributed by atoms with van der Waals surface area (Å²) in [6, 6.07) is 8.99. The van der Waals surface area contributed by atoms with E-state index in [1.807, 2.05) is 6.07 Å². The maximum absolute atomic E-state index is 13.1. The number of halogens is 2. The largest absolute Gasteiger partial charge is 0.207 e. The van der Waals surface area contributed by atoms with Crippen LogP contribution in [-0.4, -0.2) is 5.33 Å². The molecular weight excluding hydrogens is 287 g/mol. The summed E-state index contributed by atoms with van der Waals surface area (Å²) in [5.41, 5.74) is 2.38. The van der Waals surface area contributed by atoms with Gasteiger partial charge in [-0.25, -0.2) is 4.39 Å². The molecule has 0 bridgehead atoms. The first-order valence-corrected chi connectivity index (χ1v) is 7.18. The average Bonchev–Trinajstić information content (AvgIpc) is 2.78. The van der Waals surface area contributed by atoms with Crippen LogP contribution in [0.3, 0.4) is 0 Å². The second kappa shape index (κ2) is 5.60. The predicted octanol–water partition coefficient (Wildman–Crippen LogP) is 4.61. The predicted molar refractivity (Wildman–Crippen MR) is 71.0 cm³/mol. The van der Waals surface area contributed by atoms with Gasteiger partial charge in [-0.1, -0.05) is 28.1 Å². The van der Waals surface area contributed by atoms with E-state index >= 15 is 0 Å². The fourth-order valence-corrected chi connectivity index (χ4v) is 3.00. The first kappa shape index (κ1) is 11.8. The minimum atomic E-state index is -0.159. The molecule has 0 N–H and O–H groups in total. The molecule has 16 heavy (non-hydrogen) atoms. The van der Waals surface area contributed by atoms with Crippen LogP contribution < -0.4 is 0 Å². The third-order valence-electron chi connectivity index (χ3n) is 2.57. The standard InChI is InChI=1S/C13H12BrFS/c14-8-12(6-10-4-5-16-9-10)11-2-1-3-13(15)7-11/h1-5,7,9,12H,6,8H2. The second-order valence-corrected chi connectivity index (χ2v) is 5.17. The summed E-state index contributed by atoms with van der Waals surface area (Å²) in [5, 5.41) is 5.08. The molecule has 84 valence electrons. The van der Waals surface area contributed by atoms with Crippen molar-refractivity contribution in [3.8, 4) is 0 Å². The van der Waals surface area contributed by atoms with Crippen molar-refractivity contribution in [1.29, 1.82) is 0 Å². The molecule has 1 heterocycles. The van der Waals surface area contributed by atoms with Crippen LogP contribution in [-0.2, 0) is 6.42 Å². The molecular formula is C13H12BrFS. The summed E-state index contributed by atoms with van der Waals surface area (Å²) in [4.78, 5) is 0. The zero-order chi connectivity index (χ0) is 11.4. The molecule has 0 saturated heterocycles. The van der Waals surface area contributed by atoms with Gasteiger partial charge in [-0.3, -0.25) is 0 Å². The molecule has 0 radical (unpaired) electrons. The lowest BCUT2D eigenvalue weighted by atomic mass is 9.95. The van der Waals surface area contributed by atoms with E-state index in [4.69, 9.17) is 0 Å². The summed E-state index contributed by atoms with van der Waals surface area (Å²) in [7, 11) is 0. The van der Waals surface area contributed by atoms with Gasteiger partial charge in [0.2, 0.25) is 0 Å². The van der Waals surface area contributed by atoms with Crippen molar-refractivity contribution in [2.24, 2.45) is 0 Å². The molecule has 0 saturated carbocycles. The summed E-state index contributed by atoms with van der Waals surface area (Å²) in [6.07, 6.45) is 0.957. The van der Waals surface area contributed by atoms with Gasteiger partial charge in [-0.05, 0) is 52.4 Å². The zero-order valence-electron chi connectivity index (χ0n) is 8.70. The highest BCUT2D eigenvalue weighted by atomic mass is 79.9. The van der Waals surface area contributed by atoms with Crippen molar-refractivity contribution in [2.75, 3.05) is 5.33 Å². The van der Waals surface area contributed by atoms with Crippen molar-refractivity contribution in [2.45, 2.75) is 12.3 Å². The van der Waals surface area contributed by atoms with E-state index in [-0.39, 0.29) is 5.82 Å². The quantitative estimate of drug-likeness (QED) is 0.723. The lowest BCUT2D eigenvalue weighted by molar-refractivity contribution is 0.621. The van der Waals surface area contributed by atoms with Crippen LogP contribution in [0.25, 0.3) is 0 Å². The number of benzene rings is 1. The molecule has 0 aliphatic rings. The van der Waals surface area contributed by atoms with Gasteiger partial charge in [-0.2, -0.15) is 11.3 Å². The van der Waals surface area contributed by atoms with Crippen LogP contribution in [0.5, 0.6) is 0 Å². The van der Waals surface area contributed by atoms with E-state index in [0.717, 1.165) is 17.3 Å². The summed E-state index contributed by atoms with van der Waals surface area (Å²) in [6.45, 7) is 0. The number of thiophene rings is 1. The summed E-state index contributed by atoms with van der Waals surface area (Å²) >= 11 is 5.20. The van der Waals surface area contributed by atoms with Crippen LogP contribution >= 0.6 is 27.3 Å². The molecule has 0 amide bonds. The van der Waals surface area contributed by atoms with E-state index in [0.29, 0.717) is 5.92 Å². The molecule has 0 fully saturated rings. The molecule has 1 atom stereocenters. The molecule has 0 spiro atoms. The Labute approximate surface area is 107 Å². The van der Waals surface area contributed by atoms with Gasteiger partial charge in [0.05, 0.1) is 0 Å². The molecule has 0 nitrogen and oxygen atoms in total. The smallest absolute Gasteiger partial charge is 0.123 e. The van der Waals surface area contributed by atoms with Crippen molar-refractivity contribution < 1.29 is 4.39 Å². The maximum Gasteiger partial charge on any atom is 0.123 e. The molecule has 1 aromatic heterocycles. The van der Waals surface area contributed by atoms with E-state index in [2.05, 4.69) is 32.8 Å². The van der Waals surface area contributed by atoms with Crippen molar-refractivity contribution in [3.05, 3.63) is 58.0 Å². The van der Waals surface area contributed by atoms with Crippen LogP contribution in [0.1, 0.15) is 17.0 Å².